The molecule has 2 amide bonds. The highest BCUT2D eigenvalue weighted by Crippen LogP contribution is 2.25. The highest BCUT2D eigenvalue weighted by atomic mass is 16.2. The van der Waals surface area contributed by atoms with Crippen molar-refractivity contribution in [2.24, 2.45) is 5.41 Å². The first kappa shape index (κ1) is 16.9. The van der Waals surface area contributed by atoms with Crippen LogP contribution in [0.2, 0.25) is 0 Å². The molecule has 1 N–H and O–H groups in total. The minimum absolute atomic E-state index is 0.173. The van der Waals surface area contributed by atoms with Crippen LogP contribution in [0.15, 0.2) is 36.5 Å². The minimum Gasteiger partial charge on any atom is -0.342 e. The smallest absolute Gasteiger partial charge is 0.239 e. The van der Waals surface area contributed by atoms with E-state index in [0.29, 0.717) is 18.8 Å². The number of fused-ring (bicyclic) bond motifs is 1. The lowest BCUT2D eigenvalue weighted by molar-refractivity contribution is -0.146. The van der Waals surface area contributed by atoms with Gasteiger partial charge in [-0.15, -0.1) is 0 Å². The van der Waals surface area contributed by atoms with E-state index in [4.69, 9.17) is 0 Å². The van der Waals surface area contributed by atoms with E-state index in [1.165, 1.54) is 0 Å². The third-order valence-electron chi connectivity index (χ3n) is 4.03. The maximum Gasteiger partial charge on any atom is 0.239 e. The monoisotopic (exact) mass is 313 g/mol. The summed E-state index contributed by atoms with van der Waals surface area (Å²) in [4.78, 5) is 31.2. The first-order chi connectivity index (χ1) is 10.9. The first-order valence-electron chi connectivity index (χ1n) is 7.86. The normalized spacial score (nSPS) is 11.3. The van der Waals surface area contributed by atoms with Crippen LogP contribution in [0.3, 0.4) is 0 Å². The second-order valence-corrected chi connectivity index (χ2v) is 5.94. The van der Waals surface area contributed by atoms with Gasteiger partial charge in [0, 0.05) is 24.7 Å². The molecule has 0 radical (unpaired) electrons. The number of hydrogen-bond acceptors (Lipinski definition) is 3. The Bertz CT molecular complexity index is 716. The van der Waals surface area contributed by atoms with Crippen LogP contribution in [0.5, 0.6) is 0 Å². The zero-order valence-electron chi connectivity index (χ0n) is 14.1. The number of carbonyl (C=O) groups excluding carboxylic acids is 2. The fourth-order valence-electron chi connectivity index (χ4n) is 2.49. The molecule has 0 unspecified atom stereocenters. The number of amides is 2. The van der Waals surface area contributed by atoms with E-state index in [1.54, 1.807) is 31.0 Å². The molecule has 0 bridgehead atoms. The Morgan fingerprint density at radius 3 is 2.43 bits per heavy atom. The van der Waals surface area contributed by atoms with Gasteiger partial charge in [-0.3, -0.25) is 14.6 Å². The van der Waals surface area contributed by atoms with Crippen molar-refractivity contribution in [3.05, 3.63) is 36.5 Å². The number of carbonyl (C=O) groups is 2. The van der Waals surface area contributed by atoms with Gasteiger partial charge in [0.15, 0.2) is 0 Å². The fraction of sp³-hybridized carbons (Fsp3) is 0.389. The first-order valence-corrected chi connectivity index (χ1v) is 7.86. The highest BCUT2D eigenvalue weighted by Gasteiger charge is 2.38. The molecule has 0 aliphatic carbocycles. The van der Waals surface area contributed by atoms with Crippen molar-refractivity contribution in [2.75, 3.05) is 18.4 Å². The Morgan fingerprint density at radius 1 is 1.13 bits per heavy atom. The molecule has 0 fully saturated rings. The maximum absolute atomic E-state index is 12.7. The van der Waals surface area contributed by atoms with Crippen LogP contribution in [0.4, 0.5) is 5.69 Å². The van der Waals surface area contributed by atoms with Crippen molar-refractivity contribution in [3.8, 4) is 0 Å². The second kappa shape index (κ2) is 6.77. The predicted octanol–water partition coefficient (Wildman–Crippen LogP) is 3.07. The number of benzene rings is 1. The van der Waals surface area contributed by atoms with Crippen LogP contribution < -0.4 is 5.32 Å². The number of nitrogens with one attached hydrogen (secondary N) is 1. The van der Waals surface area contributed by atoms with Gasteiger partial charge in [-0.1, -0.05) is 18.2 Å². The summed E-state index contributed by atoms with van der Waals surface area (Å²) < 4.78 is 0. The van der Waals surface area contributed by atoms with Gasteiger partial charge >= 0.3 is 0 Å². The third-order valence-corrected chi connectivity index (χ3v) is 4.03. The van der Waals surface area contributed by atoms with Crippen LogP contribution in [-0.4, -0.2) is 34.8 Å². The average molecular weight is 313 g/mol. The number of aromatic nitrogens is 1. The summed E-state index contributed by atoms with van der Waals surface area (Å²) in [6, 6.07) is 9.38. The summed E-state index contributed by atoms with van der Waals surface area (Å²) in [7, 11) is 0. The van der Waals surface area contributed by atoms with Crippen molar-refractivity contribution in [3.63, 3.8) is 0 Å². The van der Waals surface area contributed by atoms with Gasteiger partial charge in [0.2, 0.25) is 11.8 Å². The topological polar surface area (TPSA) is 62.3 Å². The summed E-state index contributed by atoms with van der Waals surface area (Å²) in [5.74, 6) is -0.499. The molecule has 2 aromatic rings. The van der Waals surface area contributed by atoms with E-state index in [-0.39, 0.29) is 11.8 Å². The fourth-order valence-corrected chi connectivity index (χ4v) is 2.49. The largest absolute Gasteiger partial charge is 0.342 e. The lowest BCUT2D eigenvalue weighted by atomic mass is 9.90. The molecular formula is C18H23N3O2. The number of pyridine rings is 1. The maximum atomic E-state index is 12.7. The molecule has 5 heteroatoms. The molecule has 0 aliphatic rings. The summed E-state index contributed by atoms with van der Waals surface area (Å²) in [5.41, 5.74) is 0.200. The molecule has 0 aliphatic heterocycles. The molecule has 2 rings (SSSR count). The molecule has 1 heterocycles. The van der Waals surface area contributed by atoms with Gasteiger partial charge in [-0.2, -0.15) is 0 Å². The van der Waals surface area contributed by atoms with Gasteiger partial charge in [-0.25, -0.2) is 0 Å². The lowest BCUT2D eigenvalue weighted by Gasteiger charge is -2.29. The van der Waals surface area contributed by atoms with Crippen LogP contribution in [0, 0.1) is 5.41 Å². The summed E-state index contributed by atoms with van der Waals surface area (Å²) in [5, 5.41) is 3.80. The van der Waals surface area contributed by atoms with Crippen LogP contribution >= 0.6 is 0 Å². The van der Waals surface area contributed by atoms with Crippen LogP contribution in [0.25, 0.3) is 10.9 Å². The van der Waals surface area contributed by atoms with E-state index in [2.05, 4.69) is 10.3 Å². The Labute approximate surface area is 136 Å². The minimum atomic E-state index is -1.14. The Balaban J connectivity index is 2.28. The molecule has 0 saturated carbocycles. The van der Waals surface area contributed by atoms with Gasteiger partial charge in [0.1, 0.15) is 5.41 Å². The lowest BCUT2D eigenvalue weighted by Crippen LogP contribution is -2.47. The molecule has 0 atom stereocenters. The molecule has 5 nitrogen and oxygen atoms in total. The van der Waals surface area contributed by atoms with Gasteiger partial charge in [-0.05, 0) is 39.8 Å². The number of hydrogen-bond donors (Lipinski definition) is 1. The van der Waals surface area contributed by atoms with E-state index in [1.807, 2.05) is 38.1 Å². The predicted molar refractivity (Wildman–Crippen MR) is 92.1 cm³/mol. The van der Waals surface area contributed by atoms with E-state index in [0.717, 1.165) is 10.9 Å². The quantitative estimate of drug-likeness (QED) is 0.863. The standard InChI is InChI=1S/C18H23N3O2/c1-5-21(6-2)17(23)18(3,4)16(22)20-14-11-7-9-13-10-8-12-19-15(13)14/h7-12H,5-6H2,1-4H3,(H,20,22). The van der Waals surface area contributed by atoms with Gasteiger partial charge in [0.25, 0.3) is 0 Å². The van der Waals surface area contributed by atoms with Crippen LogP contribution in [-0.2, 0) is 9.59 Å². The van der Waals surface area contributed by atoms with E-state index < -0.39 is 5.41 Å². The average Bonchev–Trinajstić information content (AvgIpc) is 2.56. The number of anilines is 1. The highest BCUT2D eigenvalue weighted by molar-refractivity contribution is 6.12. The Kier molecular flexibility index (Phi) is 4.98. The van der Waals surface area contributed by atoms with E-state index in [9.17, 15) is 9.59 Å². The number of nitrogens with zero attached hydrogens (tertiary/aromatic N) is 2. The summed E-state index contributed by atoms with van der Waals surface area (Å²) in [6.07, 6.45) is 1.68. The van der Waals surface area contributed by atoms with Crippen LogP contribution in [0.1, 0.15) is 27.7 Å². The number of rotatable bonds is 5. The Morgan fingerprint density at radius 2 is 1.78 bits per heavy atom. The Hall–Kier alpha value is -2.43. The zero-order valence-corrected chi connectivity index (χ0v) is 14.1. The molecule has 0 spiro atoms. The molecule has 1 aromatic heterocycles. The summed E-state index contributed by atoms with van der Waals surface area (Å²) in [6.45, 7) is 8.29. The molecule has 0 saturated heterocycles. The second-order valence-electron chi connectivity index (χ2n) is 5.94. The molecular weight excluding hydrogens is 290 g/mol. The molecule has 122 valence electrons. The van der Waals surface area contributed by atoms with Crippen molar-refractivity contribution < 1.29 is 9.59 Å². The van der Waals surface area contributed by atoms with Crippen molar-refractivity contribution in [1.82, 2.24) is 9.88 Å². The molecule has 23 heavy (non-hydrogen) atoms. The zero-order chi connectivity index (χ0) is 17.0. The van der Waals surface area contributed by atoms with Crippen molar-refractivity contribution in [1.29, 1.82) is 0 Å². The van der Waals surface area contributed by atoms with E-state index >= 15 is 0 Å². The van der Waals surface area contributed by atoms with Crippen molar-refractivity contribution in [2.45, 2.75) is 27.7 Å². The SMILES string of the molecule is CCN(CC)C(=O)C(C)(C)C(=O)Nc1cccc2cccnc12. The molecule has 1 aromatic carbocycles. The van der Waals surface area contributed by atoms with Gasteiger partial charge in [0.05, 0.1) is 11.2 Å². The number of para-hydroxylation sites is 1. The third kappa shape index (κ3) is 3.33. The summed E-state index contributed by atoms with van der Waals surface area (Å²) >= 11 is 0. The van der Waals surface area contributed by atoms with Crippen molar-refractivity contribution >= 4 is 28.4 Å². The van der Waals surface area contributed by atoms with Gasteiger partial charge < -0.3 is 10.2 Å².